The van der Waals surface area contributed by atoms with E-state index in [1.165, 1.54) is 6.07 Å². The summed E-state index contributed by atoms with van der Waals surface area (Å²) in [6.45, 7) is 1.67. The van der Waals surface area contributed by atoms with Crippen LogP contribution in [0.5, 0.6) is 0 Å². The van der Waals surface area contributed by atoms with Crippen LogP contribution in [0.4, 0.5) is 5.69 Å². The topological polar surface area (TPSA) is 45.3 Å². The molecule has 1 fully saturated rings. The van der Waals surface area contributed by atoms with Crippen molar-refractivity contribution < 1.29 is 4.84 Å². The van der Waals surface area contributed by atoms with E-state index in [2.05, 4.69) is 4.98 Å². The smallest absolute Gasteiger partial charge is 0.248 e. The number of rotatable bonds is 1. The third kappa shape index (κ3) is 1.57. The Morgan fingerprint density at radius 2 is 2.12 bits per heavy atom. The molecular formula is C12H12N2O2. The number of hydrogen-bond acceptors (Lipinski definition) is 3. The molecule has 1 aromatic carbocycles. The second-order valence-electron chi connectivity index (χ2n) is 3.88. The molecule has 1 aliphatic heterocycles. The van der Waals surface area contributed by atoms with Crippen molar-refractivity contribution in [1.82, 2.24) is 4.98 Å². The maximum absolute atomic E-state index is 11.2. The van der Waals surface area contributed by atoms with Gasteiger partial charge in [-0.3, -0.25) is 14.7 Å². The molecule has 2 heterocycles. The fraction of sp³-hybridized carbons (Fsp3) is 0.250. The Bertz CT molecular complexity index is 570. The molecule has 0 saturated carbocycles. The Kier molecular flexibility index (Phi) is 2.15. The zero-order valence-electron chi connectivity index (χ0n) is 8.77. The summed E-state index contributed by atoms with van der Waals surface area (Å²) in [7, 11) is 0. The lowest BCUT2D eigenvalue weighted by Gasteiger charge is -2.16. The number of hydroxylamine groups is 1. The van der Waals surface area contributed by atoms with E-state index in [-0.39, 0.29) is 5.56 Å². The van der Waals surface area contributed by atoms with Crippen molar-refractivity contribution in [1.29, 1.82) is 0 Å². The van der Waals surface area contributed by atoms with Gasteiger partial charge in [0, 0.05) is 12.6 Å². The SMILES string of the molecule is O=c1ccc2ccc(N3CCCO3)cc2[nH]1. The monoisotopic (exact) mass is 216 g/mol. The average molecular weight is 216 g/mol. The molecule has 0 bridgehead atoms. The van der Waals surface area contributed by atoms with Crippen molar-refractivity contribution in [2.45, 2.75) is 6.42 Å². The molecule has 0 atom stereocenters. The average Bonchev–Trinajstić information content (AvgIpc) is 2.81. The minimum Gasteiger partial charge on any atom is -0.322 e. The molecule has 0 radical (unpaired) electrons. The van der Waals surface area contributed by atoms with E-state index in [4.69, 9.17) is 4.84 Å². The molecule has 0 unspecified atom stereocenters. The molecule has 1 N–H and O–H groups in total. The maximum Gasteiger partial charge on any atom is 0.248 e. The lowest BCUT2D eigenvalue weighted by molar-refractivity contribution is 0.168. The van der Waals surface area contributed by atoms with Gasteiger partial charge in [-0.2, -0.15) is 0 Å². The van der Waals surface area contributed by atoms with Crippen LogP contribution in [-0.2, 0) is 4.84 Å². The summed E-state index contributed by atoms with van der Waals surface area (Å²) in [4.78, 5) is 19.5. The van der Waals surface area contributed by atoms with Crippen molar-refractivity contribution in [2.75, 3.05) is 18.2 Å². The minimum absolute atomic E-state index is 0.0769. The number of H-pyrrole nitrogens is 1. The molecule has 4 nitrogen and oxygen atoms in total. The number of pyridine rings is 1. The van der Waals surface area contributed by atoms with Gasteiger partial charge in [-0.1, -0.05) is 6.07 Å². The maximum atomic E-state index is 11.2. The Labute approximate surface area is 92.4 Å². The highest BCUT2D eigenvalue weighted by Gasteiger charge is 2.13. The van der Waals surface area contributed by atoms with Gasteiger partial charge in [0.05, 0.1) is 17.8 Å². The molecule has 82 valence electrons. The van der Waals surface area contributed by atoms with E-state index >= 15 is 0 Å². The van der Waals surface area contributed by atoms with Crippen LogP contribution in [0.1, 0.15) is 6.42 Å². The normalized spacial score (nSPS) is 15.9. The highest BCUT2D eigenvalue weighted by molar-refractivity contribution is 5.81. The largest absolute Gasteiger partial charge is 0.322 e. The summed E-state index contributed by atoms with van der Waals surface area (Å²) in [6, 6.07) is 9.30. The van der Waals surface area contributed by atoms with Gasteiger partial charge in [-0.05, 0) is 30.0 Å². The summed E-state index contributed by atoms with van der Waals surface area (Å²) in [5, 5.41) is 2.90. The molecular weight excluding hydrogens is 204 g/mol. The van der Waals surface area contributed by atoms with E-state index in [1.807, 2.05) is 29.3 Å². The van der Waals surface area contributed by atoms with E-state index < -0.39 is 0 Å². The summed E-state index contributed by atoms with van der Waals surface area (Å²) in [6.07, 6.45) is 1.04. The summed E-state index contributed by atoms with van der Waals surface area (Å²) >= 11 is 0. The third-order valence-electron chi connectivity index (χ3n) is 2.75. The van der Waals surface area contributed by atoms with Gasteiger partial charge in [0.2, 0.25) is 5.56 Å². The first kappa shape index (κ1) is 9.42. The quantitative estimate of drug-likeness (QED) is 0.788. The minimum atomic E-state index is -0.0769. The summed E-state index contributed by atoms with van der Waals surface area (Å²) < 4.78 is 0. The van der Waals surface area contributed by atoms with Gasteiger partial charge in [0.25, 0.3) is 0 Å². The van der Waals surface area contributed by atoms with Crippen molar-refractivity contribution in [3.63, 3.8) is 0 Å². The van der Waals surface area contributed by atoms with Gasteiger partial charge in [-0.25, -0.2) is 0 Å². The van der Waals surface area contributed by atoms with Crippen LogP contribution in [0.15, 0.2) is 35.1 Å². The Balaban J connectivity index is 2.10. The Hall–Kier alpha value is -1.81. The lowest BCUT2D eigenvalue weighted by atomic mass is 10.2. The van der Waals surface area contributed by atoms with Gasteiger partial charge in [0.15, 0.2) is 0 Å². The van der Waals surface area contributed by atoms with E-state index in [1.54, 1.807) is 0 Å². The summed E-state index contributed by atoms with van der Waals surface area (Å²) in [5.41, 5.74) is 1.76. The number of fused-ring (bicyclic) bond motifs is 1. The summed E-state index contributed by atoms with van der Waals surface area (Å²) in [5.74, 6) is 0. The van der Waals surface area contributed by atoms with Crippen LogP contribution in [0, 0.1) is 0 Å². The number of anilines is 1. The Morgan fingerprint density at radius 1 is 1.25 bits per heavy atom. The second kappa shape index (κ2) is 3.64. The first-order valence-electron chi connectivity index (χ1n) is 5.36. The zero-order valence-corrected chi connectivity index (χ0v) is 8.77. The Morgan fingerprint density at radius 3 is 2.94 bits per heavy atom. The number of benzene rings is 1. The highest BCUT2D eigenvalue weighted by Crippen LogP contribution is 2.22. The second-order valence-corrected chi connectivity index (χ2v) is 3.88. The van der Waals surface area contributed by atoms with Crippen LogP contribution in [0.25, 0.3) is 10.9 Å². The van der Waals surface area contributed by atoms with Crippen molar-refractivity contribution in [3.8, 4) is 0 Å². The predicted octanol–water partition coefficient (Wildman–Crippen LogP) is 1.67. The lowest BCUT2D eigenvalue weighted by Crippen LogP contribution is -2.16. The van der Waals surface area contributed by atoms with Gasteiger partial charge in [-0.15, -0.1) is 0 Å². The van der Waals surface area contributed by atoms with E-state index in [9.17, 15) is 4.79 Å². The number of nitrogens with one attached hydrogen (secondary N) is 1. The molecule has 0 aliphatic carbocycles. The van der Waals surface area contributed by atoms with E-state index in [0.29, 0.717) is 0 Å². The van der Waals surface area contributed by atoms with Gasteiger partial charge >= 0.3 is 0 Å². The van der Waals surface area contributed by atoms with Gasteiger partial charge < -0.3 is 4.98 Å². The molecule has 16 heavy (non-hydrogen) atoms. The van der Waals surface area contributed by atoms with Crippen LogP contribution < -0.4 is 10.6 Å². The first-order chi connectivity index (χ1) is 7.83. The van der Waals surface area contributed by atoms with Crippen LogP contribution >= 0.6 is 0 Å². The molecule has 1 saturated heterocycles. The van der Waals surface area contributed by atoms with Crippen molar-refractivity contribution >= 4 is 16.6 Å². The zero-order chi connectivity index (χ0) is 11.0. The number of aromatic nitrogens is 1. The predicted molar refractivity (Wildman–Crippen MR) is 62.5 cm³/mol. The fourth-order valence-electron chi connectivity index (χ4n) is 1.94. The molecule has 0 amide bonds. The van der Waals surface area contributed by atoms with Crippen LogP contribution in [-0.4, -0.2) is 18.1 Å². The van der Waals surface area contributed by atoms with Gasteiger partial charge in [0.1, 0.15) is 0 Å². The van der Waals surface area contributed by atoms with E-state index in [0.717, 1.165) is 36.2 Å². The molecule has 2 aromatic rings. The molecule has 0 spiro atoms. The molecule has 1 aromatic heterocycles. The number of hydrogen-bond donors (Lipinski definition) is 1. The van der Waals surface area contributed by atoms with Crippen LogP contribution in [0.2, 0.25) is 0 Å². The molecule has 3 rings (SSSR count). The third-order valence-corrected chi connectivity index (χ3v) is 2.75. The number of aromatic amines is 1. The standard InChI is InChI=1S/C12H12N2O2/c15-12-5-3-9-2-4-10(8-11(9)13-12)14-6-1-7-16-14/h2-5,8H,1,6-7H2,(H,13,15). The molecule has 4 heteroatoms. The van der Waals surface area contributed by atoms with Crippen LogP contribution in [0.3, 0.4) is 0 Å². The van der Waals surface area contributed by atoms with Crippen molar-refractivity contribution in [3.05, 3.63) is 40.7 Å². The number of nitrogens with zero attached hydrogens (tertiary/aromatic N) is 1. The van der Waals surface area contributed by atoms with Crippen molar-refractivity contribution in [2.24, 2.45) is 0 Å². The molecule has 1 aliphatic rings. The highest BCUT2D eigenvalue weighted by atomic mass is 16.7. The fourth-order valence-corrected chi connectivity index (χ4v) is 1.94. The first-order valence-corrected chi connectivity index (χ1v) is 5.36.